The number of aromatic carboxylic acids is 1. The zero-order valence-electron chi connectivity index (χ0n) is 15.8. The number of benzene rings is 2. The summed E-state index contributed by atoms with van der Waals surface area (Å²) in [6.45, 7) is 2.05. The Morgan fingerprint density at radius 3 is 2.45 bits per heavy atom. The number of phenolic OH excluding ortho intramolecular Hbond substituents is 1. The number of carboxylic acids is 1. The number of rotatable bonds is 5. The van der Waals surface area contributed by atoms with Gasteiger partial charge in [0.2, 0.25) is 0 Å². The van der Waals surface area contributed by atoms with Crippen LogP contribution in [0.2, 0.25) is 0 Å². The number of ether oxygens (including phenoxy) is 1. The molecule has 0 atom stereocenters. The summed E-state index contributed by atoms with van der Waals surface area (Å²) >= 11 is 11.7. The van der Waals surface area contributed by atoms with Crippen molar-refractivity contribution in [1.29, 1.82) is 0 Å². The van der Waals surface area contributed by atoms with Crippen LogP contribution in [0.15, 0.2) is 44.9 Å². The van der Waals surface area contributed by atoms with Gasteiger partial charge in [-0.3, -0.25) is 19.8 Å². The van der Waals surface area contributed by atoms with E-state index in [-0.39, 0.29) is 27.7 Å². The number of phenols is 1. The Kier molecular flexibility index (Phi) is 6.77. The highest BCUT2D eigenvalue weighted by Crippen LogP contribution is 2.42. The molecule has 3 N–H and O–H groups in total. The smallest absolute Gasteiger partial charge is 0.335 e. The van der Waals surface area contributed by atoms with Gasteiger partial charge in [-0.05, 0) is 93.0 Å². The van der Waals surface area contributed by atoms with Crippen LogP contribution in [0.25, 0.3) is 6.08 Å². The van der Waals surface area contributed by atoms with Gasteiger partial charge in [0.05, 0.1) is 22.3 Å². The van der Waals surface area contributed by atoms with Gasteiger partial charge in [-0.25, -0.2) is 4.79 Å². The van der Waals surface area contributed by atoms with E-state index in [2.05, 4.69) is 37.2 Å². The van der Waals surface area contributed by atoms with E-state index >= 15 is 0 Å². The monoisotopic (exact) mass is 568 g/mol. The molecule has 0 aliphatic carbocycles. The molecule has 2 aromatic carbocycles. The highest BCUT2D eigenvalue weighted by molar-refractivity contribution is 9.13. The van der Waals surface area contributed by atoms with E-state index in [1.165, 1.54) is 36.4 Å². The summed E-state index contributed by atoms with van der Waals surface area (Å²) in [7, 11) is 0. The molecule has 0 spiro atoms. The van der Waals surface area contributed by atoms with E-state index in [9.17, 15) is 19.5 Å². The number of carbonyl (C=O) groups is 3. The summed E-state index contributed by atoms with van der Waals surface area (Å²) in [5.74, 6) is -2.45. The fourth-order valence-electron chi connectivity index (χ4n) is 2.78. The third-order valence-corrected chi connectivity index (χ3v) is 6.69. The Labute approximate surface area is 198 Å². The highest BCUT2D eigenvalue weighted by Gasteiger charge is 2.35. The summed E-state index contributed by atoms with van der Waals surface area (Å²) in [6, 6.07) is 6.98. The Morgan fingerprint density at radius 2 is 1.87 bits per heavy atom. The molecule has 1 heterocycles. The van der Waals surface area contributed by atoms with Gasteiger partial charge in [0.25, 0.3) is 11.8 Å². The number of halogens is 2. The predicted molar refractivity (Wildman–Crippen MR) is 124 cm³/mol. The first-order valence-corrected chi connectivity index (χ1v) is 10.7. The standard InChI is InChI=1S/C20H14Br2N2O6S/c1-2-30-13-8-10(14(21)15(22)16(13)25)7-12-17(26)23-20(31)24(18(12)27)11-5-3-9(4-6-11)19(28)29/h3-8,25H,2H2,1H3,(H,28,29)(H,23,26,31)/b12-7+. The second-order valence-corrected chi connectivity index (χ2v) is 8.16. The van der Waals surface area contributed by atoms with Gasteiger partial charge in [-0.1, -0.05) is 0 Å². The van der Waals surface area contributed by atoms with Crippen molar-refractivity contribution < 1.29 is 29.3 Å². The van der Waals surface area contributed by atoms with Crippen LogP contribution in [0, 0.1) is 0 Å². The number of carbonyl (C=O) groups excluding carboxylic acids is 2. The topological polar surface area (TPSA) is 116 Å². The Bertz CT molecular complexity index is 1150. The van der Waals surface area contributed by atoms with E-state index in [4.69, 9.17) is 22.1 Å². The zero-order valence-corrected chi connectivity index (χ0v) is 19.8. The van der Waals surface area contributed by atoms with Gasteiger partial charge in [-0.2, -0.15) is 0 Å². The van der Waals surface area contributed by atoms with Gasteiger partial charge < -0.3 is 14.9 Å². The minimum absolute atomic E-state index is 0.0419. The van der Waals surface area contributed by atoms with Crippen molar-refractivity contribution in [2.24, 2.45) is 0 Å². The van der Waals surface area contributed by atoms with Crippen LogP contribution in [-0.2, 0) is 9.59 Å². The molecule has 3 rings (SSSR count). The summed E-state index contributed by atoms with van der Waals surface area (Å²) in [5.41, 5.74) is 0.532. The van der Waals surface area contributed by atoms with Crippen LogP contribution in [0.5, 0.6) is 11.5 Å². The normalized spacial score (nSPS) is 15.3. The largest absolute Gasteiger partial charge is 0.503 e. The number of hydrogen-bond donors (Lipinski definition) is 3. The summed E-state index contributed by atoms with van der Waals surface area (Å²) in [6.07, 6.45) is 1.34. The first-order valence-electron chi connectivity index (χ1n) is 8.74. The molecule has 0 unspecified atom stereocenters. The summed E-state index contributed by atoms with van der Waals surface area (Å²) < 4.78 is 6.11. The molecule has 1 aliphatic heterocycles. The molecule has 0 bridgehead atoms. The average Bonchev–Trinajstić information content (AvgIpc) is 2.72. The van der Waals surface area contributed by atoms with Gasteiger partial charge in [0.1, 0.15) is 5.57 Å². The van der Waals surface area contributed by atoms with Gasteiger partial charge in [0.15, 0.2) is 16.6 Å². The first-order chi connectivity index (χ1) is 14.6. The minimum Gasteiger partial charge on any atom is -0.503 e. The summed E-state index contributed by atoms with van der Waals surface area (Å²) in [4.78, 5) is 37.8. The molecule has 0 radical (unpaired) electrons. The van der Waals surface area contributed by atoms with Gasteiger partial charge in [0, 0.05) is 4.47 Å². The van der Waals surface area contributed by atoms with Crippen LogP contribution in [0.1, 0.15) is 22.8 Å². The van der Waals surface area contributed by atoms with Crippen molar-refractivity contribution in [1.82, 2.24) is 5.32 Å². The second kappa shape index (κ2) is 9.16. The van der Waals surface area contributed by atoms with E-state index in [0.717, 1.165) is 4.90 Å². The Hall–Kier alpha value is -2.76. The Balaban J connectivity index is 2.06. The molecule has 31 heavy (non-hydrogen) atoms. The number of amides is 2. The van der Waals surface area contributed by atoms with E-state index in [1.54, 1.807) is 6.92 Å². The van der Waals surface area contributed by atoms with E-state index < -0.39 is 17.8 Å². The molecule has 1 aliphatic rings. The lowest BCUT2D eigenvalue weighted by Gasteiger charge is -2.29. The lowest BCUT2D eigenvalue weighted by Crippen LogP contribution is -2.54. The fraction of sp³-hybridized carbons (Fsp3) is 0.100. The van der Waals surface area contributed by atoms with E-state index in [0.29, 0.717) is 26.8 Å². The molecule has 1 fully saturated rings. The highest BCUT2D eigenvalue weighted by atomic mass is 79.9. The molecule has 160 valence electrons. The minimum atomic E-state index is -1.11. The maximum Gasteiger partial charge on any atom is 0.335 e. The van der Waals surface area contributed by atoms with Crippen LogP contribution in [-0.4, -0.2) is 39.7 Å². The fourth-order valence-corrected chi connectivity index (χ4v) is 3.90. The Morgan fingerprint density at radius 1 is 1.23 bits per heavy atom. The van der Waals surface area contributed by atoms with Gasteiger partial charge in [-0.15, -0.1) is 0 Å². The molecule has 8 nitrogen and oxygen atoms in total. The van der Waals surface area contributed by atoms with Crippen molar-refractivity contribution >= 4 is 78.7 Å². The number of nitrogens with one attached hydrogen (secondary N) is 1. The van der Waals surface area contributed by atoms with Crippen molar-refractivity contribution in [3.8, 4) is 11.5 Å². The number of carboxylic acid groups (broad SMARTS) is 1. The SMILES string of the molecule is CCOc1cc(/C=C2\C(=O)NC(=S)N(c3ccc(C(=O)O)cc3)C2=O)c(Br)c(Br)c1O. The van der Waals surface area contributed by atoms with Crippen LogP contribution < -0.4 is 15.0 Å². The van der Waals surface area contributed by atoms with Crippen LogP contribution in [0.3, 0.4) is 0 Å². The third-order valence-electron chi connectivity index (χ3n) is 4.25. The predicted octanol–water partition coefficient (Wildman–Crippen LogP) is 3.85. The molecule has 1 saturated heterocycles. The molecular weight excluding hydrogens is 556 g/mol. The average molecular weight is 570 g/mol. The first kappa shape index (κ1) is 22.9. The number of hydrogen-bond acceptors (Lipinski definition) is 6. The van der Waals surface area contributed by atoms with Crippen molar-refractivity contribution in [2.75, 3.05) is 11.5 Å². The van der Waals surface area contributed by atoms with E-state index in [1.807, 2.05) is 0 Å². The second-order valence-electron chi connectivity index (χ2n) is 6.18. The maximum atomic E-state index is 13.1. The van der Waals surface area contributed by atoms with Crippen LogP contribution in [0.4, 0.5) is 5.69 Å². The van der Waals surface area contributed by atoms with Crippen LogP contribution >= 0.6 is 44.1 Å². The van der Waals surface area contributed by atoms with Crippen molar-refractivity contribution in [3.05, 3.63) is 56.0 Å². The van der Waals surface area contributed by atoms with Crippen molar-refractivity contribution in [2.45, 2.75) is 6.92 Å². The number of aromatic hydroxyl groups is 1. The number of thiocarbonyl (C=S) groups is 1. The third kappa shape index (κ3) is 4.48. The molecule has 2 amide bonds. The molecule has 0 aromatic heterocycles. The molecule has 0 saturated carbocycles. The number of nitrogens with zero attached hydrogens (tertiary/aromatic N) is 1. The van der Waals surface area contributed by atoms with Crippen molar-refractivity contribution in [3.63, 3.8) is 0 Å². The lowest BCUT2D eigenvalue weighted by atomic mass is 10.1. The van der Waals surface area contributed by atoms with Gasteiger partial charge >= 0.3 is 5.97 Å². The lowest BCUT2D eigenvalue weighted by molar-refractivity contribution is -0.122. The summed E-state index contributed by atoms with van der Waals surface area (Å²) in [5, 5.41) is 21.6. The molecular formula is C20H14Br2N2O6S. The maximum absolute atomic E-state index is 13.1. The quantitative estimate of drug-likeness (QED) is 0.284. The molecule has 2 aromatic rings. The zero-order chi connectivity index (χ0) is 22.9. The molecule has 11 heteroatoms. The number of anilines is 1.